The second kappa shape index (κ2) is 27.2. The van der Waals surface area contributed by atoms with Crippen LogP contribution in [-0.2, 0) is 16.0 Å². The molecule has 0 unspecified atom stereocenters. The molecule has 0 saturated carbocycles. The maximum absolute atomic E-state index is 6.46. The monoisotopic (exact) mass is 582 g/mol. The molecule has 42 heavy (non-hydrogen) atoms. The molecule has 1 aromatic rings. The molecule has 1 heterocycles. The zero-order valence-corrected chi connectivity index (χ0v) is 27.8. The van der Waals surface area contributed by atoms with Crippen molar-refractivity contribution in [2.24, 2.45) is 0 Å². The van der Waals surface area contributed by atoms with Crippen molar-refractivity contribution < 1.29 is 9.47 Å². The van der Waals surface area contributed by atoms with E-state index in [-0.39, 0.29) is 12.2 Å². The van der Waals surface area contributed by atoms with Gasteiger partial charge in [-0.15, -0.1) is 0 Å². The predicted octanol–water partition coefficient (Wildman–Crippen LogP) is 11.2. The Balaban J connectivity index is 1.56. The van der Waals surface area contributed by atoms with E-state index >= 15 is 0 Å². The Kier molecular flexibility index (Phi) is 23.8. The average Bonchev–Trinajstić information content (AvgIpc) is 3.39. The van der Waals surface area contributed by atoms with Crippen LogP contribution in [0.15, 0.2) is 54.6 Å². The van der Waals surface area contributed by atoms with Gasteiger partial charge in [-0.25, -0.2) is 0 Å². The van der Waals surface area contributed by atoms with Crippen molar-refractivity contribution >= 4 is 0 Å². The number of hydrogen-bond donors (Lipinski definition) is 0. The summed E-state index contributed by atoms with van der Waals surface area (Å²) in [5.41, 5.74) is 1.38. The number of rotatable bonds is 28. The Labute approximate surface area is 261 Å². The van der Waals surface area contributed by atoms with E-state index in [0.29, 0.717) is 0 Å². The van der Waals surface area contributed by atoms with Crippen LogP contribution >= 0.6 is 0 Å². The van der Waals surface area contributed by atoms with E-state index in [0.717, 1.165) is 32.8 Å². The number of benzene rings is 1. The van der Waals surface area contributed by atoms with Crippen LogP contribution in [0.5, 0.6) is 0 Å². The molecule has 0 amide bonds. The van der Waals surface area contributed by atoms with Gasteiger partial charge in [0.2, 0.25) is 0 Å². The minimum Gasteiger partial charge on any atom is -0.374 e. The van der Waals surface area contributed by atoms with Crippen LogP contribution in [0.4, 0.5) is 0 Å². The molecule has 3 nitrogen and oxygen atoms in total. The van der Waals surface area contributed by atoms with Crippen LogP contribution in [0.25, 0.3) is 0 Å². The van der Waals surface area contributed by atoms with Crippen LogP contribution in [0, 0.1) is 0 Å². The van der Waals surface area contributed by atoms with Crippen LogP contribution in [0.1, 0.15) is 148 Å². The zero-order chi connectivity index (χ0) is 29.8. The van der Waals surface area contributed by atoms with Gasteiger partial charge in [0.1, 0.15) is 0 Å². The fourth-order valence-electron chi connectivity index (χ4n) is 5.84. The second-order valence-electron chi connectivity index (χ2n) is 12.5. The van der Waals surface area contributed by atoms with Crippen molar-refractivity contribution in [1.29, 1.82) is 0 Å². The Hall–Kier alpha value is -1.42. The first-order valence-electron chi connectivity index (χ1n) is 18.1. The third kappa shape index (κ3) is 19.7. The van der Waals surface area contributed by atoms with Crippen molar-refractivity contribution in [3.8, 4) is 0 Å². The first-order valence-corrected chi connectivity index (χ1v) is 18.1. The number of allylic oxidation sites excluding steroid dienone is 4. The van der Waals surface area contributed by atoms with Crippen LogP contribution in [-0.4, -0.2) is 43.4 Å². The summed E-state index contributed by atoms with van der Waals surface area (Å²) >= 11 is 0. The Morgan fingerprint density at radius 1 is 0.548 bits per heavy atom. The number of ether oxygens (including phenoxy) is 2. The minimum atomic E-state index is 0.207. The molecule has 0 aromatic heterocycles. The third-order valence-electron chi connectivity index (χ3n) is 8.52. The van der Waals surface area contributed by atoms with E-state index in [2.05, 4.69) is 73.4 Å². The Morgan fingerprint density at radius 2 is 0.952 bits per heavy atom. The molecule has 240 valence electrons. The lowest BCUT2D eigenvalue weighted by molar-refractivity contribution is -0.0481. The van der Waals surface area contributed by atoms with E-state index in [9.17, 15) is 0 Å². The Morgan fingerprint density at radius 3 is 1.40 bits per heavy atom. The summed E-state index contributed by atoms with van der Waals surface area (Å²) in [6.07, 6.45) is 35.9. The van der Waals surface area contributed by atoms with Gasteiger partial charge in [0, 0.05) is 32.8 Å². The molecular weight excluding hydrogens is 514 g/mol. The summed E-state index contributed by atoms with van der Waals surface area (Å²) in [6.45, 7) is 9.23. The summed E-state index contributed by atoms with van der Waals surface area (Å²) in [5, 5.41) is 0. The fourth-order valence-corrected chi connectivity index (χ4v) is 5.84. The summed E-state index contributed by atoms with van der Waals surface area (Å²) < 4.78 is 12.9. The minimum absolute atomic E-state index is 0.207. The lowest BCUT2D eigenvalue weighted by Crippen LogP contribution is -2.30. The van der Waals surface area contributed by atoms with E-state index < -0.39 is 0 Å². The fraction of sp³-hybridized carbons (Fsp3) is 0.744. The highest BCUT2D eigenvalue weighted by atomic mass is 16.5. The summed E-state index contributed by atoms with van der Waals surface area (Å²) in [5.74, 6) is 0. The van der Waals surface area contributed by atoms with Crippen molar-refractivity contribution in [1.82, 2.24) is 4.90 Å². The smallest absolute Gasteiger partial charge is 0.0975 e. The summed E-state index contributed by atoms with van der Waals surface area (Å²) in [4.78, 5) is 2.53. The number of hydrogen-bond acceptors (Lipinski definition) is 3. The van der Waals surface area contributed by atoms with Crippen molar-refractivity contribution in [3.05, 3.63) is 60.2 Å². The van der Waals surface area contributed by atoms with Crippen LogP contribution in [0.3, 0.4) is 0 Å². The normalized spacial score (nSPS) is 17.8. The summed E-state index contributed by atoms with van der Waals surface area (Å²) in [7, 11) is 0. The van der Waals surface area contributed by atoms with Gasteiger partial charge < -0.3 is 9.47 Å². The van der Waals surface area contributed by atoms with E-state index in [4.69, 9.17) is 9.47 Å². The molecule has 2 atom stereocenters. The maximum Gasteiger partial charge on any atom is 0.0975 e. The standard InChI is InChI=1S/C39H67NO2/c1-3-5-7-9-11-13-15-17-19-21-23-28-32-41-38-35-40(34-37-30-26-25-27-31-37)36-39(38)42-33-29-24-22-20-18-16-14-12-10-8-6-4-2/h9-12,25-27,30-31,38-39H,3-8,13-24,28-29,32-36H2,1-2H3/t38-,39-/m1/s1. The van der Waals surface area contributed by atoms with Gasteiger partial charge in [-0.2, -0.15) is 0 Å². The molecule has 2 rings (SSSR count). The highest BCUT2D eigenvalue weighted by Crippen LogP contribution is 2.21. The van der Waals surface area contributed by atoms with E-state index in [1.165, 1.54) is 134 Å². The first kappa shape index (κ1) is 36.8. The van der Waals surface area contributed by atoms with Gasteiger partial charge in [-0.1, -0.05) is 146 Å². The largest absolute Gasteiger partial charge is 0.374 e. The molecule has 1 fully saturated rings. The third-order valence-corrected chi connectivity index (χ3v) is 8.52. The molecule has 0 N–H and O–H groups in total. The molecule has 1 saturated heterocycles. The Bertz CT molecular complexity index is 717. The van der Waals surface area contributed by atoms with Crippen molar-refractivity contribution in [2.75, 3.05) is 26.3 Å². The lowest BCUT2D eigenvalue weighted by Gasteiger charge is -2.20. The quantitative estimate of drug-likeness (QED) is 0.0725. The number of nitrogens with zero attached hydrogens (tertiary/aromatic N) is 1. The molecule has 1 aliphatic rings. The molecule has 0 spiro atoms. The molecule has 0 radical (unpaired) electrons. The van der Waals surface area contributed by atoms with Crippen molar-refractivity contribution in [3.63, 3.8) is 0 Å². The van der Waals surface area contributed by atoms with Crippen LogP contribution in [0.2, 0.25) is 0 Å². The zero-order valence-electron chi connectivity index (χ0n) is 27.8. The highest BCUT2D eigenvalue weighted by Gasteiger charge is 2.34. The van der Waals surface area contributed by atoms with Gasteiger partial charge in [0.05, 0.1) is 12.2 Å². The van der Waals surface area contributed by atoms with Gasteiger partial charge in [-0.05, 0) is 56.9 Å². The SMILES string of the molecule is CCCCC=CCCCCCCCCO[C@@H]1CN(Cc2ccccc2)C[C@H]1OCCCCCCCCC=CCCCC. The number of likely N-dealkylation sites (tertiary alicyclic amines) is 1. The molecule has 0 aliphatic carbocycles. The van der Waals surface area contributed by atoms with E-state index in [1.54, 1.807) is 0 Å². The highest BCUT2D eigenvalue weighted by molar-refractivity contribution is 5.14. The molecule has 0 bridgehead atoms. The van der Waals surface area contributed by atoms with E-state index in [1.807, 2.05) is 0 Å². The van der Waals surface area contributed by atoms with Crippen LogP contribution < -0.4 is 0 Å². The topological polar surface area (TPSA) is 21.7 Å². The summed E-state index contributed by atoms with van der Waals surface area (Å²) in [6, 6.07) is 10.8. The molecule has 3 heteroatoms. The number of unbranched alkanes of at least 4 members (excludes halogenated alkanes) is 16. The predicted molar refractivity (Wildman–Crippen MR) is 183 cm³/mol. The van der Waals surface area contributed by atoms with Gasteiger partial charge in [-0.3, -0.25) is 4.90 Å². The maximum atomic E-state index is 6.46. The van der Waals surface area contributed by atoms with Crippen molar-refractivity contribution in [2.45, 2.75) is 161 Å². The average molecular weight is 582 g/mol. The van der Waals surface area contributed by atoms with Gasteiger partial charge in [0.25, 0.3) is 0 Å². The molecule has 1 aromatic carbocycles. The second-order valence-corrected chi connectivity index (χ2v) is 12.5. The van der Waals surface area contributed by atoms with Gasteiger partial charge in [0.15, 0.2) is 0 Å². The lowest BCUT2D eigenvalue weighted by atomic mass is 10.1. The molecular formula is C39H67NO2. The molecule has 1 aliphatic heterocycles. The first-order chi connectivity index (χ1) is 20.8. The van der Waals surface area contributed by atoms with Gasteiger partial charge >= 0.3 is 0 Å².